The van der Waals surface area contributed by atoms with Crippen molar-refractivity contribution in [2.45, 2.75) is 26.7 Å². The second-order valence-electron chi connectivity index (χ2n) is 2.96. The highest BCUT2D eigenvalue weighted by Crippen LogP contribution is 2.07. The zero-order valence-electron chi connectivity index (χ0n) is 6.95. The van der Waals surface area contributed by atoms with Crippen LogP contribution in [0, 0.1) is 12.3 Å². The first-order valence-electron chi connectivity index (χ1n) is 3.88. The van der Waals surface area contributed by atoms with Crippen LogP contribution in [0.4, 0.5) is 0 Å². The first-order valence-corrected chi connectivity index (χ1v) is 3.88. The maximum absolute atomic E-state index is 4.58. The first kappa shape index (κ1) is 8.24. The fourth-order valence-corrected chi connectivity index (χ4v) is 0.814. The van der Waals surface area contributed by atoms with Crippen LogP contribution in [0.25, 0.3) is 0 Å². The van der Waals surface area contributed by atoms with E-state index in [1.54, 1.807) is 0 Å². The molecule has 0 spiro atoms. The summed E-state index contributed by atoms with van der Waals surface area (Å²) in [7, 11) is 0. The van der Waals surface area contributed by atoms with E-state index < -0.39 is 0 Å². The second kappa shape index (κ2) is 4.11. The second-order valence-corrected chi connectivity index (χ2v) is 2.96. The molecule has 1 aromatic rings. The molecule has 0 aromatic carbocycles. The Balaban J connectivity index is 2.14. The Morgan fingerprint density at radius 3 is 3.00 bits per heavy atom. The van der Waals surface area contributed by atoms with Gasteiger partial charge in [-0.1, -0.05) is 25.4 Å². The van der Waals surface area contributed by atoms with E-state index in [0.717, 1.165) is 12.3 Å². The molecule has 0 aliphatic carbocycles. The Morgan fingerprint density at radius 2 is 2.45 bits per heavy atom. The Labute approximate surface area is 66.8 Å². The van der Waals surface area contributed by atoms with E-state index in [1.165, 1.54) is 12.8 Å². The van der Waals surface area contributed by atoms with Crippen LogP contribution in [-0.2, 0) is 0 Å². The van der Waals surface area contributed by atoms with E-state index in [9.17, 15) is 0 Å². The number of hydrogen-bond acceptors (Lipinski definition) is 3. The van der Waals surface area contributed by atoms with Gasteiger partial charge in [0.2, 0.25) is 6.39 Å². The summed E-state index contributed by atoms with van der Waals surface area (Å²) in [4.78, 5) is 3.88. The van der Waals surface area contributed by atoms with Crippen molar-refractivity contribution < 1.29 is 4.52 Å². The van der Waals surface area contributed by atoms with E-state index in [2.05, 4.69) is 28.5 Å². The van der Waals surface area contributed by atoms with E-state index in [4.69, 9.17) is 0 Å². The summed E-state index contributed by atoms with van der Waals surface area (Å²) >= 11 is 0. The van der Waals surface area contributed by atoms with Crippen molar-refractivity contribution >= 4 is 0 Å². The molecule has 0 aliphatic heterocycles. The minimum Gasteiger partial charge on any atom is -0.343 e. The summed E-state index contributed by atoms with van der Waals surface area (Å²) in [6.07, 6.45) is 5.54. The fourth-order valence-electron chi connectivity index (χ4n) is 0.814. The molecule has 3 nitrogen and oxygen atoms in total. The van der Waals surface area contributed by atoms with Crippen molar-refractivity contribution in [3.05, 3.63) is 18.6 Å². The molecule has 0 unspecified atom stereocenters. The smallest absolute Gasteiger partial charge is 0.213 e. The van der Waals surface area contributed by atoms with Gasteiger partial charge in [0, 0.05) is 6.42 Å². The first-order chi connectivity index (χ1) is 5.29. The van der Waals surface area contributed by atoms with Crippen LogP contribution in [0.15, 0.2) is 10.9 Å². The SMILES string of the molecule is CC(C)CC[CH]c1ncon1. The molecular weight excluding hydrogens is 140 g/mol. The number of hydrogen-bond donors (Lipinski definition) is 0. The van der Waals surface area contributed by atoms with Crippen LogP contribution in [-0.4, -0.2) is 10.1 Å². The minimum absolute atomic E-state index is 0.700. The number of aromatic nitrogens is 2. The van der Waals surface area contributed by atoms with Crippen LogP contribution < -0.4 is 0 Å². The molecule has 1 aromatic heterocycles. The quantitative estimate of drug-likeness (QED) is 0.664. The summed E-state index contributed by atoms with van der Waals surface area (Å²) in [5.74, 6) is 1.43. The molecule has 1 rings (SSSR count). The summed E-state index contributed by atoms with van der Waals surface area (Å²) in [5.41, 5.74) is 0. The Bertz CT molecular complexity index is 182. The Hall–Kier alpha value is -0.860. The molecule has 0 saturated heterocycles. The summed E-state index contributed by atoms with van der Waals surface area (Å²) in [6.45, 7) is 4.40. The average molecular weight is 153 g/mol. The number of rotatable bonds is 4. The van der Waals surface area contributed by atoms with Gasteiger partial charge in [0.1, 0.15) is 0 Å². The highest BCUT2D eigenvalue weighted by molar-refractivity contribution is 4.95. The van der Waals surface area contributed by atoms with Crippen LogP contribution >= 0.6 is 0 Å². The maximum Gasteiger partial charge on any atom is 0.213 e. The molecule has 0 aliphatic rings. The van der Waals surface area contributed by atoms with Gasteiger partial charge in [-0.3, -0.25) is 0 Å². The van der Waals surface area contributed by atoms with E-state index in [0.29, 0.717) is 5.82 Å². The molecule has 0 N–H and O–H groups in total. The zero-order chi connectivity index (χ0) is 8.10. The van der Waals surface area contributed by atoms with Gasteiger partial charge in [0.05, 0.1) is 0 Å². The molecule has 3 heteroatoms. The number of nitrogens with zero attached hydrogens (tertiary/aromatic N) is 2. The monoisotopic (exact) mass is 153 g/mol. The van der Waals surface area contributed by atoms with E-state index >= 15 is 0 Å². The third-order valence-corrected chi connectivity index (χ3v) is 1.45. The van der Waals surface area contributed by atoms with Crippen molar-refractivity contribution in [3.63, 3.8) is 0 Å². The van der Waals surface area contributed by atoms with Gasteiger partial charge in [-0.15, -0.1) is 0 Å². The largest absolute Gasteiger partial charge is 0.343 e. The van der Waals surface area contributed by atoms with Gasteiger partial charge in [0.15, 0.2) is 5.82 Å². The van der Waals surface area contributed by atoms with Gasteiger partial charge in [-0.2, -0.15) is 4.98 Å². The van der Waals surface area contributed by atoms with Crippen molar-refractivity contribution in [1.82, 2.24) is 10.1 Å². The molecule has 0 atom stereocenters. The molecule has 1 heterocycles. The molecule has 1 radical (unpaired) electrons. The molecular formula is C8H13N2O. The molecule has 61 valence electrons. The lowest BCUT2D eigenvalue weighted by Gasteiger charge is -1.99. The van der Waals surface area contributed by atoms with Crippen molar-refractivity contribution in [2.24, 2.45) is 5.92 Å². The topological polar surface area (TPSA) is 38.9 Å². The molecule has 0 fully saturated rings. The van der Waals surface area contributed by atoms with Crippen molar-refractivity contribution in [1.29, 1.82) is 0 Å². The Morgan fingerprint density at radius 1 is 1.64 bits per heavy atom. The minimum atomic E-state index is 0.700. The maximum atomic E-state index is 4.58. The molecule has 0 saturated carbocycles. The molecule has 11 heavy (non-hydrogen) atoms. The fraction of sp³-hybridized carbons (Fsp3) is 0.625. The summed E-state index contributed by atoms with van der Waals surface area (Å²) in [6, 6.07) is 0. The van der Waals surface area contributed by atoms with Crippen LogP contribution in [0.1, 0.15) is 32.5 Å². The lowest BCUT2D eigenvalue weighted by molar-refractivity contribution is 0.412. The van der Waals surface area contributed by atoms with Crippen molar-refractivity contribution in [3.8, 4) is 0 Å². The predicted octanol–water partition coefficient (Wildman–Crippen LogP) is 2.06. The predicted molar refractivity (Wildman–Crippen MR) is 41.8 cm³/mol. The highest BCUT2D eigenvalue weighted by atomic mass is 16.5. The van der Waals surface area contributed by atoms with Crippen LogP contribution in [0.2, 0.25) is 0 Å². The van der Waals surface area contributed by atoms with Gasteiger partial charge >= 0.3 is 0 Å². The van der Waals surface area contributed by atoms with Gasteiger partial charge in [-0.05, 0) is 12.3 Å². The molecule has 0 bridgehead atoms. The van der Waals surface area contributed by atoms with Gasteiger partial charge < -0.3 is 4.52 Å². The average Bonchev–Trinajstić information content (AvgIpc) is 2.39. The summed E-state index contributed by atoms with van der Waals surface area (Å²) < 4.78 is 4.58. The van der Waals surface area contributed by atoms with E-state index in [-0.39, 0.29) is 0 Å². The van der Waals surface area contributed by atoms with Crippen LogP contribution in [0.5, 0.6) is 0 Å². The normalized spacial score (nSPS) is 10.8. The van der Waals surface area contributed by atoms with Gasteiger partial charge in [-0.25, -0.2) is 0 Å². The highest BCUT2D eigenvalue weighted by Gasteiger charge is 1.99. The lowest BCUT2D eigenvalue weighted by atomic mass is 10.1. The zero-order valence-corrected chi connectivity index (χ0v) is 6.95. The Kier molecular flexibility index (Phi) is 3.08. The molecule has 0 amide bonds. The van der Waals surface area contributed by atoms with E-state index in [1.807, 2.05) is 6.42 Å². The van der Waals surface area contributed by atoms with Crippen molar-refractivity contribution in [2.75, 3.05) is 0 Å². The van der Waals surface area contributed by atoms with Gasteiger partial charge in [0.25, 0.3) is 0 Å². The van der Waals surface area contributed by atoms with Crippen LogP contribution in [0.3, 0.4) is 0 Å². The standard InChI is InChI=1S/C8H13N2O/c1-7(2)4-3-5-8-9-6-11-10-8/h5-7H,3-4H2,1-2H3. The summed E-state index contributed by atoms with van der Waals surface area (Å²) in [5, 5.41) is 3.67. The third-order valence-electron chi connectivity index (χ3n) is 1.45. The third kappa shape index (κ3) is 3.16. The lowest BCUT2D eigenvalue weighted by Crippen LogP contribution is -1.90.